The average molecular weight is 442 g/mol. The molecule has 1 aromatic carbocycles. The van der Waals surface area contributed by atoms with Gasteiger partial charge in [0.25, 0.3) is 0 Å². The second kappa shape index (κ2) is 7.90. The second-order valence-electron chi connectivity index (χ2n) is 6.96. The van der Waals surface area contributed by atoms with Crippen LogP contribution in [0.4, 0.5) is 0 Å². The third kappa shape index (κ3) is 4.12. The van der Waals surface area contributed by atoms with Crippen molar-refractivity contribution in [3.05, 3.63) is 69.8 Å². The summed E-state index contributed by atoms with van der Waals surface area (Å²) in [6, 6.07) is 14.2. The molecule has 0 saturated heterocycles. The zero-order valence-electron chi connectivity index (χ0n) is 14.8. The number of halogens is 1. The van der Waals surface area contributed by atoms with Crippen LogP contribution in [0.25, 0.3) is 10.7 Å². The van der Waals surface area contributed by atoms with E-state index in [2.05, 4.69) is 49.4 Å². The molecule has 27 heavy (non-hydrogen) atoms. The van der Waals surface area contributed by atoms with Crippen molar-refractivity contribution in [3.63, 3.8) is 0 Å². The molecule has 4 nitrogen and oxygen atoms in total. The van der Waals surface area contributed by atoms with Crippen LogP contribution in [0, 0.1) is 0 Å². The molecule has 0 bridgehead atoms. The van der Waals surface area contributed by atoms with Crippen LogP contribution >= 0.6 is 27.3 Å². The van der Waals surface area contributed by atoms with Gasteiger partial charge in [0.2, 0.25) is 5.91 Å². The number of aromatic nitrogens is 2. The summed E-state index contributed by atoms with van der Waals surface area (Å²) in [5, 5.41) is 5.93. The monoisotopic (exact) mass is 441 g/mol. The zero-order valence-corrected chi connectivity index (χ0v) is 17.2. The van der Waals surface area contributed by atoms with E-state index in [-0.39, 0.29) is 11.3 Å². The summed E-state index contributed by atoms with van der Waals surface area (Å²) in [5.41, 5.74) is 3.01. The number of carbonyl (C=O) groups is 1. The Balaban J connectivity index is 1.38. The van der Waals surface area contributed by atoms with Gasteiger partial charge in [-0.3, -0.25) is 9.78 Å². The molecule has 0 unspecified atom stereocenters. The first kappa shape index (κ1) is 18.3. The van der Waals surface area contributed by atoms with Crippen LogP contribution < -0.4 is 5.32 Å². The van der Waals surface area contributed by atoms with Crippen molar-refractivity contribution in [1.29, 1.82) is 0 Å². The van der Waals surface area contributed by atoms with E-state index in [1.165, 1.54) is 23.3 Å². The fraction of sp³-hybridized carbons (Fsp3) is 0.286. The Hall–Kier alpha value is -2.05. The van der Waals surface area contributed by atoms with E-state index >= 15 is 0 Å². The van der Waals surface area contributed by atoms with Crippen molar-refractivity contribution in [2.24, 2.45) is 0 Å². The van der Waals surface area contributed by atoms with Crippen LogP contribution in [0.5, 0.6) is 0 Å². The Morgan fingerprint density at radius 1 is 1.22 bits per heavy atom. The fourth-order valence-corrected chi connectivity index (χ4v) is 4.67. The van der Waals surface area contributed by atoms with E-state index in [1.54, 1.807) is 6.20 Å². The van der Waals surface area contributed by atoms with E-state index < -0.39 is 0 Å². The number of carbonyl (C=O) groups excluding carboxylic acids is 1. The van der Waals surface area contributed by atoms with Crippen molar-refractivity contribution in [1.82, 2.24) is 15.3 Å². The second-order valence-corrected chi connectivity index (χ2v) is 8.73. The van der Waals surface area contributed by atoms with Crippen LogP contribution in [0.1, 0.15) is 30.5 Å². The summed E-state index contributed by atoms with van der Waals surface area (Å²) >= 11 is 5.08. The molecule has 6 heteroatoms. The van der Waals surface area contributed by atoms with Gasteiger partial charge in [0.05, 0.1) is 17.8 Å². The van der Waals surface area contributed by atoms with Gasteiger partial charge in [-0.2, -0.15) is 0 Å². The summed E-state index contributed by atoms with van der Waals surface area (Å²) in [6.07, 6.45) is 5.50. The van der Waals surface area contributed by atoms with Crippen molar-refractivity contribution in [2.45, 2.75) is 31.1 Å². The van der Waals surface area contributed by atoms with Gasteiger partial charge in [-0.25, -0.2) is 4.98 Å². The SMILES string of the molecule is O=C(Cc1csc(-c2ccccn2)n1)NCC1(c2cccc(Br)c2)CCC1. The number of hydrogen-bond acceptors (Lipinski definition) is 4. The van der Waals surface area contributed by atoms with Gasteiger partial charge >= 0.3 is 0 Å². The molecule has 2 heterocycles. The van der Waals surface area contributed by atoms with E-state index in [0.717, 1.165) is 33.7 Å². The predicted molar refractivity (Wildman–Crippen MR) is 112 cm³/mol. The minimum atomic E-state index is 0.0224. The highest BCUT2D eigenvalue weighted by Gasteiger charge is 2.38. The van der Waals surface area contributed by atoms with Gasteiger partial charge in [0.15, 0.2) is 0 Å². The fourth-order valence-electron chi connectivity index (χ4n) is 3.48. The third-order valence-corrected chi connectivity index (χ3v) is 6.56. The number of hydrogen-bond donors (Lipinski definition) is 1. The number of nitrogens with zero attached hydrogens (tertiary/aromatic N) is 2. The van der Waals surface area contributed by atoms with Crippen molar-refractivity contribution in [3.8, 4) is 10.7 Å². The predicted octanol–water partition coefficient (Wildman–Crippen LogP) is 4.75. The molecule has 1 fully saturated rings. The van der Waals surface area contributed by atoms with Gasteiger partial charge < -0.3 is 5.32 Å². The first-order valence-corrected chi connectivity index (χ1v) is 10.7. The van der Waals surface area contributed by atoms with Crippen LogP contribution in [0.2, 0.25) is 0 Å². The van der Waals surface area contributed by atoms with Gasteiger partial charge in [-0.05, 0) is 42.7 Å². The van der Waals surface area contributed by atoms with Gasteiger partial charge in [-0.15, -0.1) is 11.3 Å². The van der Waals surface area contributed by atoms with Crippen molar-refractivity contribution < 1.29 is 4.79 Å². The molecule has 0 atom stereocenters. The number of nitrogens with one attached hydrogen (secondary N) is 1. The molecule has 4 rings (SSSR count). The van der Waals surface area contributed by atoms with E-state index in [9.17, 15) is 4.79 Å². The minimum absolute atomic E-state index is 0.0224. The molecule has 1 aliphatic carbocycles. The largest absolute Gasteiger partial charge is 0.355 e. The maximum absolute atomic E-state index is 12.5. The highest BCUT2D eigenvalue weighted by Crippen LogP contribution is 2.43. The molecular weight excluding hydrogens is 422 g/mol. The van der Waals surface area contributed by atoms with Crippen LogP contribution in [-0.4, -0.2) is 22.4 Å². The number of benzene rings is 1. The van der Waals surface area contributed by atoms with E-state index in [4.69, 9.17) is 0 Å². The number of pyridine rings is 1. The highest BCUT2D eigenvalue weighted by molar-refractivity contribution is 9.10. The standard InChI is InChI=1S/C21H20BrN3OS/c22-16-6-3-5-15(11-16)21(8-4-9-21)14-24-19(26)12-17-13-27-20(25-17)18-7-1-2-10-23-18/h1-3,5-7,10-11,13H,4,8-9,12,14H2,(H,24,26). The smallest absolute Gasteiger partial charge is 0.226 e. The molecule has 3 aromatic rings. The van der Waals surface area contributed by atoms with Crippen LogP contribution in [-0.2, 0) is 16.6 Å². The maximum Gasteiger partial charge on any atom is 0.226 e. The Kier molecular flexibility index (Phi) is 5.36. The molecular formula is C21H20BrN3OS. The van der Waals surface area contributed by atoms with E-state index in [1.807, 2.05) is 29.6 Å². The van der Waals surface area contributed by atoms with Gasteiger partial charge in [0, 0.05) is 28.0 Å². The molecule has 1 aliphatic rings. The quantitative estimate of drug-likeness (QED) is 0.600. The highest BCUT2D eigenvalue weighted by atomic mass is 79.9. The summed E-state index contributed by atoms with van der Waals surface area (Å²) in [4.78, 5) is 21.3. The Morgan fingerprint density at radius 2 is 2.11 bits per heavy atom. The maximum atomic E-state index is 12.5. The minimum Gasteiger partial charge on any atom is -0.355 e. The van der Waals surface area contributed by atoms with Crippen molar-refractivity contribution >= 4 is 33.2 Å². The Morgan fingerprint density at radius 3 is 2.81 bits per heavy atom. The number of thiazole rings is 1. The molecule has 0 spiro atoms. The Labute approximate surface area is 171 Å². The number of rotatable bonds is 6. The Bertz CT molecular complexity index is 937. The van der Waals surface area contributed by atoms with Gasteiger partial charge in [-0.1, -0.05) is 40.5 Å². The normalized spacial score (nSPS) is 15.1. The average Bonchev–Trinajstić information content (AvgIpc) is 3.10. The zero-order chi connectivity index (χ0) is 18.7. The molecule has 0 aliphatic heterocycles. The lowest BCUT2D eigenvalue weighted by Crippen LogP contribution is -2.46. The van der Waals surface area contributed by atoms with Crippen LogP contribution in [0.15, 0.2) is 58.5 Å². The first-order chi connectivity index (χ1) is 13.1. The summed E-state index contributed by atoms with van der Waals surface area (Å²) < 4.78 is 1.09. The lowest BCUT2D eigenvalue weighted by Gasteiger charge is -2.42. The molecule has 1 saturated carbocycles. The summed E-state index contributed by atoms with van der Waals surface area (Å²) in [6.45, 7) is 0.680. The molecule has 138 valence electrons. The first-order valence-electron chi connectivity index (χ1n) is 9.03. The summed E-state index contributed by atoms with van der Waals surface area (Å²) in [5.74, 6) is 0.0224. The topological polar surface area (TPSA) is 54.9 Å². The molecule has 0 radical (unpaired) electrons. The summed E-state index contributed by atoms with van der Waals surface area (Å²) in [7, 11) is 0. The lowest BCUT2D eigenvalue weighted by atomic mass is 9.64. The lowest BCUT2D eigenvalue weighted by molar-refractivity contribution is -0.120. The molecule has 2 aromatic heterocycles. The van der Waals surface area contributed by atoms with Crippen molar-refractivity contribution in [2.75, 3.05) is 6.54 Å². The van der Waals surface area contributed by atoms with E-state index in [0.29, 0.717) is 13.0 Å². The molecule has 1 N–H and O–H groups in total. The van der Waals surface area contributed by atoms with Gasteiger partial charge in [0.1, 0.15) is 5.01 Å². The molecule has 1 amide bonds. The third-order valence-electron chi connectivity index (χ3n) is 5.15. The van der Waals surface area contributed by atoms with Crippen LogP contribution in [0.3, 0.4) is 0 Å². The number of amides is 1.